The molecular formula is C15H16N4S. The van der Waals surface area contributed by atoms with Gasteiger partial charge < -0.3 is 5.73 Å². The van der Waals surface area contributed by atoms with Gasteiger partial charge in [0.25, 0.3) is 0 Å². The van der Waals surface area contributed by atoms with E-state index in [4.69, 9.17) is 5.73 Å². The Morgan fingerprint density at radius 3 is 2.75 bits per heavy atom. The van der Waals surface area contributed by atoms with Crippen molar-refractivity contribution in [1.82, 2.24) is 15.2 Å². The molecule has 5 heteroatoms. The van der Waals surface area contributed by atoms with E-state index in [1.165, 1.54) is 5.56 Å². The fraction of sp³-hybridized carbons (Fsp3) is 0.200. The molecule has 4 nitrogen and oxygen atoms in total. The molecule has 0 aliphatic carbocycles. The first-order valence-electron chi connectivity index (χ1n) is 6.58. The van der Waals surface area contributed by atoms with Crippen molar-refractivity contribution in [3.63, 3.8) is 0 Å². The second-order valence-electron chi connectivity index (χ2n) is 4.65. The van der Waals surface area contributed by atoms with Gasteiger partial charge in [-0.2, -0.15) is 5.10 Å². The van der Waals surface area contributed by atoms with Crippen molar-refractivity contribution in [2.75, 3.05) is 0 Å². The number of aryl methyl sites for hydroxylation is 1. The van der Waals surface area contributed by atoms with Crippen LogP contribution in [0.15, 0.2) is 47.8 Å². The summed E-state index contributed by atoms with van der Waals surface area (Å²) in [5.74, 6) is 1.48. The normalized spacial score (nSPS) is 12.4. The fourth-order valence-corrected chi connectivity index (χ4v) is 2.72. The van der Waals surface area contributed by atoms with E-state index in [1.54, 1.807) is 11.3 Å². The van der Waals surface area contributed by atoms with Crippen molar-refractivity contribution in [3.05, 3.63) is 59.2 Å². The smallest absolute Gasteiger partial charge is 0.191 e. The van der Waals surface area contributed by atoms with Gasteiger partial charge in [-0.1, -0.05) is 36.4 Å². The van der Waals surface area contributed by atoms with Crippen molar-refractivity contribution in [3.8, 4) is 10.7 Å². The Balaban J connectivity index is 1.64. The molecule has 0 fully saturated rings. The minimum absolute atomic E-state index is 0.114. The molecule has 1 unspecified atom stereocenters. The number of H-pyrrole nitrogens is 1. The number of hydrogen-bond acceptors (Lipinski definition) is 4. The Kier molecular flexibility index (Phi) is 3.90. The standard InChI is InChI=1S/C15H16N4S/c16-12(9-8-11-5-2-1-3-6-11)14-17-15(19-18-14)13-7-4-10-20-13/h1-7,10,12H,8-9,16H2,(H,17,18,19). The Hall–Kier alpha value is -1.98. The maximum absolute atomic E-state index is 6.18. The van der Waals surface area contributed by atoms with Crippen LogP contribution in [0.1, 0.15) is 23.9 Å². The van der Waals surface area contributed by atoms with E-state index in [9.17, 15) is 0 Å². The summed E-state index contributed by atoms with van der Waals surface area (Å²) in [6.45, 7) is 0. The zero-order valence-electron chi connectivity index (χ0n) is 11.0. The molecule has 0 amide bonds. The van der Waals surface area contributed by atoms with Gasteiger partial charge in [0.15, 0.2) is 5.82 Å². The van der Waals surface area contributed by atoms with Crippen LogP contribution < -0.4 is 5.73 Å². The molecule has 20 heavy (non-hydrogen) atoms. The predicted octanol–water partition coefficient (Wildman–Crippen LogP) is 3.17. The molecule has 1 atom stereocenters. The number of aromatic amines is 1. The lowest BCUT2D eigenvalue weighted by Gasteiger charge is -2.07. The summed E-state index contributed by atoms with van der Waals surface area (Å²) in [7, 11) is 0. The molecule has 0 spiro atoms. The van der Waals surface area contributed by atoms with Crippen LogP contribution in [0.4, 0.5) is 0 Å². The van der Waals surface area contributed by atoms with Crippen LogP contribution in [-0.4, -0.2) is 15.2 Å². The third-order valence-electron chi connectivity index (χ3n) is 3.18. The van der Waals surface area contributed by atoms with Crippen molar-refractivity contribution in [2.45, 2.75) is 18.9 Å². The fourth-order valence-electron chi connectivity index (χ4n) is 2.06. The molecule has 0 radical (unpaired) electrons. The van der Waals surface area contributed by atoms with Crippen molar-refractivity contribution >= 4 is 11.3 Å². The summed E-state index contributed by atoms with van der Waals surface area (Å²) in [6.07, 6.45) is 1.79. The lowest BCUT2D eigenvalue weighted by molar-refractivity contribution is 0.615. The minimum atomic E-state index is -0.114. The quantitative estimate of drug-likeness (QED) is 0.756. The molecule has 3 N–H and O–H groups in total. The summed E-state index contributed by atoms with van der Waals surface area (Å²) in [6, 6.07) is 14.2. The topological polar surface area (TPSA) is 67.6 Å². The lowest BCUT2D eigenvalue weighted by atomic mass is 10.1. The second kappa shape index (κ2) is 5.98. The van der Waals surface area contributed by atoms with Gasteiger partial charge in [-0.15, -0.1) is 11.3 Å². The Bertz CT molecular complexity index is 646. The van der Waals surface area contributed by atoms with Gasteiger partial charge in [0.2, 0.25) is 0 Å². The van der Waals surface area contributed by atoms with E-state index < -0.39 is 0 Å². The van der Waals surface area contributed by atoms with Gasteiger partial charge in [0.05, 0.1) is 10.9 Å². The largest absolute Gasteiger partial charge is 0.321 e. The minimum Gasteiger partial charge on any atom is -0.321 e. The third kappa shape index (κ3) is 2.95. The van der Waals surface area contributed by atoms with Crippen LogP contribution in [0.25, 0.3) is 10.7 Å². The van der Waals surface area contributed by atoms with Gasteiger partial charge in [0, 0.05) is 0 Å². The van der Waals surface area contributed by atoms with Crippen LogP contribution in [0, 0.1) is 0 Å². The molecular weight excluding hydrogens is 268 g/mol. The van der Waals surface area contributed by atoms with E-state index in [1.807, 2.05) is 35.7 Å². The van der Waals surface area contributed by atoms with Crippen LogP contribution in [0.2, 0.25) is 0 Å². The number of rotatable bonds is 5. The summed E-state index contributed by atoms with van der Waals surface area (Å²) >= 11 is 1.63. The van der Waals surface area contributed by atoms with E-state index >= 15 is 0 Å². The lowest BCUT2D eigenvalue weighted by Crippen LogP contribution is -2.13. The molecule has 0 saturated heterocycles. The summed E-state index contributed by atoms with van der Waals surface area (Å²) in [5.41, 5.74) is 7.47. The monoisotopic (exact) mass is 284 g/mol. The van der Waals surface area contributed by atoms with E-state index in [2.05, 4.69) is 27.3 Å². The van der Waals surface area contributed by atoms with Gasteiger partial charge in [-0.05, 0) is 29.9 Å². The first kappa shape index (κ1) is 13.0. The zero-order chi connectivity index (χ0) is 13.8. The highest BCUT2D eigenvalue weighted by Crippen LogP contribution is 2.22. The average Bonchev–Trinajstić information content (AvgIpc) is 3.16. The van der Waals surface area contributed by atoms with Gasteiger partial charge >= 0.3 is 0 Å². The van der Waals surface area contributed by atoms with Gasteiger partial charge in [-0.3, -0.25) is 5.10 Å². The maximum Gasteiger partial charge on any atom is 0.191 e. The van der Waals surface area contributed by atoms with E-state index in [-0.39, 0.29) is 6.04 Å². The number of thiophene rings is 1. The third-order valence-corrected chi connectivity index (χ3v) is 4.05. The molecule has 2 heterocycles. The number of benzene rings is 1. The van der Waals surface area contributed by atoms with Crippen LogP contribution in [-0.2, 0) is 6.42 Å². The van der Waals surface area contributed by atoms with E-state index in [0.717, 1.165) is 29.4 Å². The second-order valence-corrected chi connectivity index (χ2v) is 5.60. The molecule has 2 aromatic heterocycles. The highest BCUT2D eigenvalue weighted by Gasteiger charge is 2.13. The number of hydrogen-bond donors (Lipinski definition) is 2. The predicted molar refractivity (Wildman–Crippen MR) is 81.4 cm³/mol. The van der Waals surface area contributed by atoms with Crippen molar-refractivity contribution in [2.24, 2.45) is 5.73 Å². The van der Waals surface area contributed by atoms with Crippen molar-refractivity contribution < 1.29 is 0 Å². The number of nitrogens with zero attached hydrogens (tertiary/aromatic N) is 2. The first-order valence-corrected chi connectivity index (χ1v) is 7.46. The van der Waals surface area contributed by atoms with Crippen molar-refractivity contribution in [1.29, 1.82) is 0 Å². The Morgan fingerprint density at radius 1 is 1.15 bits per heavy atom. The number of nitrogens with one attached hydrogen (secondary N) is 1. The SMILES string of the molecule is NC(CCc1ccccc1)c1nc(-c2cccs2)n[nH]1. The number of aromatic nitrogens is 3. The molecule has 3 aromatic rings. The Morgan fingerprint density at radius 2 is 2.00 bits per heavy atom. The highest BCUT2D eigenvalue weighted by molar-refractivity contribution is 7.13. The van der Waals surface area contributed by atoms with Gasteiger partial charge in [0.1, 0.15) is 5.82 Å². The Labute approximate surface area is 121 Å². The number of nitrogens with two attached hydrogens (primary N) is 1. The van der Waals surface area contributed by atoms with E-state index in [0.29, 0.717) is 0 Å². The molecule has 0 aliphatic heterocycles. The molecule has 1 aromatic carbocycles. The van der Waals surface area contributed by atoms with Gasteiger partial charge in [-0.25, -0.2) is 4.98 Å². The van der Waals surface area contributed by atoms with Crippen LogP contribution >= 0.6 is 11.3 Å². The zero-order valence-corrected chi connectivity index (χ0v) is 11.8. The average molecular weight is 284 g/mol. The molecule has 0 aliphatic rings. The highest BCUT2D eigenvalue weighted by atomic mass is 32.1. The van der Waals surface area contributed by atoms with Crippen LogP contribution in [0.5, 0.6) is 0 Å². The summed E-state index contributed by atoms with van der Waals surface area (Å²) < 4.78 is 0. The molecule has 0 saturated carbocycles. The first-order chi connectivity index (χ1) is 9.83. The maximum atomic E-state index is 6.18. The molecule has 3 rings (SSSR count). The summed E-state index contributed by atoms with van der Waals surface area (Å²) in [4.78, 5) is 5.54. The van der Waals surface area contributed by atoms with Crippen LogP contribution in [0.3, 0.4) is 0 Å². The summed E-state index contributed by atoms with van der Waals surface area (Å²) in [5, 5.41) is 9.19. The molecule has 102 valence electrons. The molecule has 0 bridgehead atoms.